The van der Waals surface area contributed by atoms with E-state index < -0.39 is 0 Å². The lowest BCUT2D eigenvalue weighted by Gasteiger charge is -2.44. The van der Waals surface area contributed by atoms with Crippen molar-refractivity contribution in [2.24, 2.45) is 5.41 Å². The van der Waals surface area contributed by atoms with Crippen LogP contribution < -0.4 is 10.1 Å². The topological polar surface area (TPSA) is 65.0 Å². The summed E-state index contributed by atoms with van der Waals surface area (Å²) in [7, 11) is 1.61. The van der Waals surface area contributed by atoms with Crippen LogP contribution in [-0.4, -0.2) is 55.0 Å². The van der Waals surface area contributed by atoms with E-state index in [2.05, 4.69) is 10.2 Å². The van der Waals surface area contributed by atoms with Crippen molar-refractivity contribution in [1.29, 1.82) is 0 Å². The highest BCUT2D eigenvalue weighted by Crippen LogP contribution is 2.45. The molecule has 0 saturated carbocycles. The zero-order valence-corrected chi connectivity index (χ0v) is 13.1. The summed E-state index contributed by atoms with van der Waals surface area (Å²) in [6, 6.07) is 5.22. The van der Waals surface area contributed by atoms with Crippen molar-refractivity contribution in [1.82, 2.24) is 10.2 Å². The molecular weight excluding hydrogens is 268 g/mol. The van der Waals surface area contributed by atoms with Crippen LogP contribution in [0.2, 0.25) is 0 Å². The van der Waals surface area contributed by atoms with Crippen LogP contribution in [-0.2, 0) is 0 Å². The molecule has 1 fully saturated rings. The fraction of sp³-hybridized carbons (Fsp3) is 0.625. The molecule has 1 saturated heterocycles. The summed E-state index contributed by atoms with van der Waals surface area (Å²) >= 11 is 0. The Kier molecular flexibility index (Phi) is 5.08. The molecule has 5 nitrogen and oxygen atoms in total. The maximum Gasteiger partial charge on any atom is 0.127 e. The van der Waals surface area contributed by atoms with Crippen molar-refractivity contribution in [2.45, 2.75) is 19.9 Å². The highest BCUT2D eigenvalue weighted by molar-refractivity contribution is 5.47. The number of methoxy groups -OCH3 is 1. The van der Waals surface area contributed by atoms with Gasteiger partial charge in [0.2, 0.25) is 0 Å². The van der Waals surface area contributed by atoms with Gasteiger partial charge < -0.3 is 20.3 Å². The number of aliphatic hydroxyl groups excluding tert-OH is 1. The first kappa shape index (κ1) is 16.1. The molecule has 0 radical (unpaired) electrons. The van der Waals surface area contributed by atoms with E-state index in [0.717, 1.165) is 31.7 Å². The van der Waals surface area contributed by atoms with Crippen LogP contribution >= 0.6 is 0 Å². The van der Waals surface area contributed by atoms with E-state index in [4.69, 9.17) is 4.74 Å². The molecule has 1 aliphatic heterocycles. The quantitative estimate of drug-likeness (QED) is 0.765. The van der Waals surface area contributed by atoms with Gasteiger partial charge in [0.05, 0.1) is 12.7 Å². The van der Waals surface area contributed by atoms with E-state index in [1.165, 1.54) is 0 Å². The monoisotopic (exact) mass is 294 g/mol. The number of piperazine rings is 1. The summed E-state index contributed by atoms with van der Waals surface area (Å²) in [5.74, 6) is 0.888. The van der Waals surface area contributed by atoms with Crippen LogP contribution in [0, 0.1) is 5.41 Å². The number of nitrogens with one attached hydrogen (secondary N) is 1. The van der Waals surface area contributed by atoms with Gasteiger partial charge in [0.15, 0.2) is 0 Å². The predicted octanol–water partition coefficient (Wildman–Crippen LogP) is 1.37. The average Bonchev–Trinajstić information content (AvgIpc) is 2.50. The van der Waals surface area contributed by atoms with Crippen molar-refractivity contribution in [3.63, 3.8) is 0 Å². The summed E-state index contributed by atoms with van der Waals surface area (Å²) < 4.78 is 5.45. The Bertz CT molecular complexity index is 471. The van der Waals surface area contributed by atoms with Crippen LogP contribution in [0.4, 0.5) is 0 Å². The third-order valence-electron chi connectivity index (χ3n) is 4.20. The van der Waals surface area contributed by atoms with Crippen molar-refractivity contribution in [3.05, 3.63) is 23.8 Å². The van der Waals surface area contributed by atoms with Crippen molar-refractivity contribution in [3.8, 4) is 11.5 Å². The highest BCUT2D eigenvalue weighted by Gasteiger charge is 2.38. The Balaban J connectivity index is 2.49. The van der Waals surface area contributed by atoms with Crippen molar-refractivity contribution >= 4 is 0 Å². The second kappa shape index (κ2) is 6.64. The Labute approximate surface area is 126 Å². The van der Waals surface area contributed by atoms with E-state index in [1.807, 2.05) is 19.9 Å². The van der Waals surface area contributed by atoms with Crippen LogP contribution in [0.15, 0.2) is 18.2 Å². The fourth-order valence-corrected chi connectivity index (χ4v) is 3.08. The van der Waals surface area contributed by atoms with Gasteiger partial charge in [-0.05, 0) is 12.1 Å². The zero-order valence-electron chi connectivity index (χ0n) is 13.1. The summed E-state index contributed by atoms with van der Waals surface area (Å²) in [4.78, 5) is 2.31. The average molecular weight is 294 g/mol. The van der Waals surface area contributed by atoms with Gasteiger partial charge in [0, 0.05) is 44.2 Å². The molecule has 2 rings (SSSR count). The lowest BCUT2D eigenvalue weighted by atomic mass is 9.79. The molecule has 118 valence electrons. The second-order valence-electron chi connectivity index (χ2n) is 6.23. The Morgan fingerprint density at radius 1 is 1.33 bits per heavy atom. The van der Waals surface area contributed by atoms with Gasteiger partial charge in [-0.15, -0.1) is 0 Å². The van der Waals surface area contributed by atoms with E-state index in [0.29, 0.717) is 5.75 Å². The minimum atomic E-state index is -0.385. The first-order chi connectivity index (χ1) is 10.0. The summed E-state index contributed by atoms with van der Waals surface area (Å²) in [6.07, 6.45) is 0. The van der Waals surface area contributed by atoms with Crippen LogP contribution in [0.5, 0.6) is 11.5 Å². The molecule has 0 amide bonds. The Morgan fingerprint density at radius 3 is 2.57 bits per heavy atom. The molecule has 21 heavy (non-hydrogen) atoms. The number of hydrogen-bond acceptors (Lipinski definition) is 5. The predicted molar refractivity (Wildman–Crippen MR) is 82.7 cm³/mol. The van der Waals surface area contributed by atoms with Gasteiger partial charge >= 0.3 is 0 Å². The molecular formula is C16H26N2O3. The maximum absolute atomic E-state index is 10.4. The first-order valence-electron chi connectivity index (χ1n) is 7.42. The largest absolute Gasteiger partial charge is 0.507 e. The number of phenols is 1. The molecule has 1 aliphatic rings. The summed E-state index contributed by atoms with van der Waals surface area (Å²) in [5.41, 5.74) is 0.379. The number of benzene rings is 1. The smallest absolute Gasteiger partial charge is 0.127 e. The van der Waals surface area contributed by atoms with Crippen molar-refractivity contribution in [2.75, 3.05) is 39.9 Å². The van der Waals surface area contributed by atoms with Gasteiger partial charge in [0.25, 0.3) is 0 Å². The number of phenolic OH excluding ortho intramolecular Hbond substituents is 1. The van der Waals surface area contributed by atoms with Crippen molar-refractivity contribution < 1.29 is 14.9 Å². The third kappa shape index (κ3) is 3.31. The van der Waals surface area contributed by atoms with E-state index in [9.17, 15) is 10.2 Å². The van der Waals surface area contributed by atoms with Gasteiger partial charge in [-0.2, -0.15) is 0 Å². The number of aliphatic hydroxyl groups is 1. The molecule has 0 bridgehead atoms. The van der Waals surface area contributed by atoms with Gasteiger partial charge in [0.1, 0.15) is 11.5 Å². The van der Waals surface area contributed by atoms with Gasteiger partial charge in [-0.1, -0.05) is 19.9 Å². The molecule has 1 atom stereocenters. The molecule has 1 heterocycles. The van der Waals surface area contributed by atoms with E-state index in [-0.39, 0.29) is 23.8 Å². The Morgan fingerprint density at radius 2 is 2.00 bits per heavy atom. The van der Waals surface area contributed by atoms with Crippen LogP contribution in [0.25, 0.3) is 0 Å². The fourth-order valence-electron chi connectivity index (χ4n) is 3.08. The molecule has 1 aromatic rings. The summed E-state index contributed by atoms with van der Waals surface area (Å²) in [5, 5.41) is 23.6. The molecule has 0 aromatic heterocycles. The molecule has 3 N–H and O–H groups in total. The first-order valence-corrected chi connectivity index (χ1v) is 7.42. The molecule has 1 aromatic carbocycles. The lowest BCUT2D eigenvalue weighted by Crippen LogP contribution is -2.49. The summed E-state index contributed by atoms with van der Waals surface area (Å²) in [6.45, 7) is 7.66. The normalized spacial score (nSPS) is 18.5. The lowest BCUT2D eigenvalue weighted by molar-refractivity contribution is 0.0280. The zero-order chi connectivity index (χ0) is 15.5. The minimum Gasteiger partial charge on any atom is -0.507 e. The SMILES string of the molecule is COc1cccc(O)c1[C@@H](N1CCNCC1)C(C)(C)CO. The second-order valence-corrected chi connectivity index (χ2v) is 6.23. The molecule has 0 spiro atoms. The van der Waals surface area contributed by atoms with Crippen LogP contribution in [0.3, 0.4) is 0 Å². The number of rotatable bonds is 5. The van der Waals surface area contributed by atoms with E-state index in [1.54, 1.807) is 19.2 Å². The standard InChI is InChI=1S/C16H26N2O3/c1-16(2,11-19)15(18-9-7-17-8-10-18)14-12(20)5-4-6-13(14)21-3/h4-6,15,17,19-20H,7-11H2,1-3H3/t15-/m1/s1. The minimum absolute atomic E-state index is 0.0408. The molecule has 5 heteroatoms. The van der Waals surface area contributed by atoms with Gasteiger partial charge in [-0.3, -0.25) is 4.90 Å². The Hall–Kier alpha value is -1.30. The highest BCUT2D eigenvalue weighted by atomic mass is 16.5. The van der Waals surface area contributed by atoms with Crippen LogP contribution in [0.1, 0.15) is 25.5 Å². The number of aromatic hydroxyl groups is 1. The third-order valence-corrected chi connectivity index (χ3v) is 4.20. The maximum atomic E-state index is 10.4. The molecule has 0 unspecified atom stereocenters. The number of hydrogen-bond donors (Lipinski definition) is 3. The number of nitrogens with zero attached hydrogens (tertiary/aromatic N) is 1. The van der Waals surface area contributed by atoms with Gasteiger partial charge in [-0.25, -0.2) is 0 Å². The number of ether oxygens (including phenoxy) is 1. The molecule has 0 aliphatic carbocycles. The van der Waals surface area contributed by atoms with E-state index >= 15 is 0 Å².